The Morgan fingerprint density at radius 3 is 2.38 bits per heavy atom. The van der Waals surface area contributed by atoms with Gasteiger partial charge in [-0.15, -0.1) is 0 Å². The number of hydrogen-bond donors (Lipinski definition) is 1. The lowest BCUT2D eigenvalue weighted by Crippen LogP contribution is -2.25. The normalized spacial score (nSPS) is 11.5. The average Bonchev–Trinajstić information content (AvgIpc) is 3.10. The fourth-order valence-corrected chi connectivity index (χ4v) is 3.42. The van der Waals surface area contributed by atoms with E-state index in [1.807, 2.05) is 36.5 Å². The molecule has 1 aromatic heterocycles. The molecule has 5 nitrogen and oxygen atoms in total. The maximum absolute atomic E-state index is 12.2. The summed E-state index contributed by atoms with van der Waals surface area (Å²) in [6, 6.07) is 15.8. The van der Waals surface area contributed by atoms with E-state index in [4.69, 9.17) is 11.6 Å². The average molecular weight is 362 g/mol. The molecule has 0 aliphatic rings. The highest BCUT2D eigenvalue weighted by atomic mass is 35.5. The van der Waals surface area contributed by atoms with Crippen molar-refractivity contribution in [3.63, 3.8) is 0 Å². The lowest BCUT2D eigenvalue weighted by atomic mass is 10.1. The van der Waals surface area contributed by atoms with E-state index in [1.165, 1.54) is 12.1 Å². The molecule has 124 valence electrons. The molecule has 0 radical (unpaired) electrons. The number of rotatable bonds is 6. The highest BCUT2D eigenvalue weighted by molar-refractivity contribution is 7.89. The van der Waals surface area contributed by atoms with Crippen LogP contribution in [0.5, 0.6) is 0 Å². The van der Waals surface area contributed by atoms with Crippen molar-refractivity contribution in [1.29, 1.82) is 0 Å². The topological polar surface area (TPSA) is 64.0 Å². The Labute approximate surface area is 145 Å². The van der Waals surface area contributed by atoms with E-state index in [1.54, 1.807) is 23.0 Å². The van der Waals surface area contributed by atoms with Crippen molar-refractivity contribution < 1.29 is 8.42 Å². The largest absolute Gasteiger partial charge is 0.241 e. The summed E-state index contributed by atoms with van der Waals surface area (Å²) in [5.74, 6) is 0. The molecule has 0 amide bonds. The Morgan fingerprint density at radius 2 is 1.75 bits per heavy atom. The van der Waals surface area contributed by atoms with E-state index in [0.717, 1.165) is 11.3 Å². The monoisotopic (exact) mass is 361 g/mol. The van der Waals surface area contributed by atoms with Gasteiger partial charge >= 0.3 is 0 Å². The second kappa shape index (κ2) is 7.17. The number of hydrogen-bond acceptors (Lipinski definition) is 3. The molecule has 0 saturated carbocycles. The standard InChI is InChI=1S/C17H16ClN3O2S/c18-15-4-8-17(9-5-15)24(22,23)20-12-10-14-2-6-16(7-3-14)21-13-1-11-19-21/h1-9,11,13,20H,10,12H2. The van der Waals surface area contributed by atoms with Gasteiger partial charge in [0.1, 0.15) is 0 Å². The van der Waals surface area contributed by atoms with Gasteiger partial charge in [-0.05, 0) is 54.4 Å². The number of halogens is 1. The van der Waals surface area contributed by atoms with Crippen molar-refractivity contribution in [3.8, 4) is 5.69 Å². The molecule has 7 heteroatoms. The molecular weight excluding hydrogens is 346 g/mol. The smallest absolute Gasteiger partial charge is 0.240 e. The summed E-state index contributed by atoms with van der Waals surface area (Å²) >= 11 is 5.77. The summed E-state index contributed by atoms with van der Waals surface area (Å²) < 4.78 is 28.7. The number of nitrogens with one attached hydrogen (secondary N) is 1. The third kappa shape index (κ3) is 4.03. The van der Waals surface area contributed by atoms with Crippen LogP contribution in [-0.4, -0.2) is 24.7 Å². The lowest BCUT2D eigenvalue weighted by molar-refractivity contribution is 0.581. The van der Waals surface area contributed by atoms with E-state index in [0.29, 0.717) is 18.0 Å². The van der Waals surface area contributed by atoms with E-state index in [9.17, 15) is 8.42 Å². The van der Waals surface area contributed by atoms with Crippen molar-refractivity contribution in [2.75, 3.05) is 6.54 Å². The van der Waals surface area contributed by atoms with Crippen molar-refractivity contribution >= 4 is 21.6 Å². The first-order valence-corrected chi connectivity index (χ1v) is 9.25. The second-order valence-corrected chi connectivity index (χ2v) is 7.42. The third-order valence-electron chi connectivity index (χ3n) is 3.53. The van der Waals surface area contributed by atoms with Gasteiger partial charge in [0.05, 0.1) is 10.6 Å². The van der Waals surface area contributed by atoms with Gasteiger partial charge in [0.15, 0.2) is 0 Å². The quantitative estimate of drug-likeness (QED) is 0.734. The molecule has 0 unspecified atom stereocenters. The lowest BCUT2D eigenvalue weighted by Gasteiger charge is -2.08. The predicted molar refractivity (Wildman–Crippen MR) is 93.9 cm³/mol. The minimum atomic E-state index is -3.51. The molecule has 1 heterocycles. The summed E-state index contributed by atoms with van der Waals surface area (Å²) in [5, 5.41) is 4.67. The van der Waals surface area contributed by atoms with Crippen molar-refractivity contribution in [1.82, 2.24) is 14.5 Å². The molecule has 3 rings (SSSR count). The molecule has 0 atom stereocenters. The highest BCUT2D eigenvalue weighted by Crippen LogP contribution is 2.14. The summed E-state index contributed by atoms with van der Waals surface area (Å²) in [5.41, 5.74) is 2.01. The summed E-state index contributed by atoms with van der Waals surface area (Å²) in [6.07, 6.45) is 4.20. The van der Waals surface area contributed by atoms with Gasteiger partial charge < -0.3 is 0 Å². The number of aromatic nitrogens is 2. The first-order chi connectivity index (χ1) is 11.5. The van der Waals surface area contributed by atoms with Crippen LogP contribution < -0.4 is 4.72 Å². The maximum atomic E-state index is 12.2. The molecule has 3 aromatic rings. The van der Waals surface area contributed by atoms with Gasteiger partial charge in [0.2, 0.25) is 10.0 Å². The molecule has 0 fully saturated rings. The van der Waals surface area contributed by atoms with Crippen molar-refractivity contribution in [3.05, 3.63) is 77.6 Å². The predicted octanol–water partition coefficient (Wildman–Crippen LogP) is 3.05. The van der Waals surface area contributed by atoms with Crippen LogP contribution in [0.4, 0.5) is 0 Å². The van der Waals surface area contributed by atoms with Crippen molar-refractivity contribution in [2.45, 2.75) is 11.3 Å². The minimum Gasteiger partial charge on any atom is -0.241 e. The van der Waals surface area contributed by atoms with Gasteiger partial charge in [-0.25, -0.2) is 17.8 Å². The minimum absolute atomic E-state index is 0.209. The Balaban J connectivity index is 1.59. The number of sulfonamides is 1. The molecule has 1 N–H and O–H groups in total. The Morgan fingerprint density at radius 1 is 1.04 bits per heavy atom. The molecule has 0 bridgehead atoms. The van der Waals surface area contributed by atoms with E-state index >= 15 is 0 Å². The van der Waals surface area contributed by atoms with Crippen LogP contribution in [0.2, 0.25) is 5.02 Å². The van der Waals surface area contributed by atoms with Crippen LogP contribution in [0.1, 0.15) is 5.56 Å². The van der Waals surface area contributed by atoms with Crippen molar-refractivity contribution in [2.24, 2.45) is 0 Å². The Bertz CT molecular complexity index is 890. The molecular formula is C17H16ClN3O2S. The molecule has 0 spiro atoms. The first-order valence-electron chi connectivity index (χ1n) is 7.39. The van der Waals surface area contributed by atoms with Crippen LogP contribution in [-0.2, 0) is 16.4 Å². The molecule has 0 aliphatic heterocycles. The fourth-order valence-electron chi connectivity index (χ4n) is 2.26. The van der Waals surface area contributed by atoms with Gasteiger partial charge in [-0.1, -0.05) is 23.7 Å². The highest BCUT2D eigenvalue weighted by Gasteiger charge is 2.12. The second-order valence-electron chi connectivity index (χ2n) is 5.22. The zero-order valence-electron chi connectivity index (χ0n) is 12.8. The Kier molecular flexibility index (Phi) is 4.99. The SMILES string of the molecule is O=S(=O)(NCCc1ccc(-n2cccn2)cc1)c1ccc(Cl)cc1. The van der Waals surface area contributed by atoms with Gasteiger partial charge in [0, 0.05) is 24.0 Å². The molecule has 0 aliphatic carbocycles. The summed E-state index contributed by atoms with van der Waals surface area (Å²) in [7, 11) is -3.51. The number of nitrogens with zero attached hydrogens (tertiary/aromatic N) is 2. The zero-order valence-corrected chi connectivity index (χ0v) is 14.3. The summed E-state index contributed by atoms with van der Waals surface area (Å²) in [6.45, 7) is 0.325. The van der Waals surface area contributed by atoms with Gasteiger partial charge in [-0.3, -0.25) is 0 Å². The Hall–Kier alpha value is -2.15. The van der Waals surface area contributed by atoms with Crippen LogP contribution >= 0.6 is 11.6 Å². The molecule has 0 saturated heterocycles. The molecule has 24 heavy (non-hydrogen) atoms. The molecule has 2 aromatic carbocycles. The fraction of sp³-hybridized carbons (Fsp3) is 0.118. The van der Waals surface area contributed by atoms with E-state index in [-0.39, 0.29) is 4.90 Å². The van der Waals surface area contributed by atoms with Crippen LogP contribution in [0.15, 0.2) is 71.9 Å². The van der Waals surface area contributed by atoms with E-state index < -0.39 is 10.0 Å². The summed E-state index contributed by atoms with van der Waals surface area (Å²) in [4.78, 5) is 0.209. The van der Waals surface area contributed by atoms with Gasteiger partial charge in [0.25, 0.3) is 0 Å². The van der Waals surface area contributed by atoms with E-state index in [2.05, 4.69) is 9.82 Å². The van der Waals surface area contributed by atoms with Crippen LogP contribution in [0.3, 0.4) is 0 Å². The first kappa shape index (κ1) is 16.7. The number of benzene rings is 2. The van der Waals surface area contributed by atoms with Gasteiger partial charge in [-0.2, -0.15) is 5.10 Å². The maximum Gasteiger partial charge on any atom is 0.240 e. The third-order valence-corrected chi connectivity index (χ3v) is 5.26. The zero-order chi connectivity index (χ0) is 17.0. The van der Waals surface area contributed by atoms with Crippen LogP contribution in [0.25, 0.3) is 5.69 Å². The van der Waals surface area contributed by atoms with Crippen LogP contribution in [0, 0.1) is 0 Å².